The highest BCUT2D eigenvalue weighted by atomic mass is 32.1. The molecule has 18 heavy (non-hydrogen) atoms. The number of hydrogen-bond acceptors (Lipinski definition) is 5. The van der Waals surface area contributed by atoms with E-state index in [1.807, 2.05) is 24.3 Å². The number of hydrogen-bond donors (Lipinski definition) is 2. The lowest BCUT2D eigenvalue weighted by Crippen LogP contribution is -2.24. The maximum atomic E-state index is 11.7. The molecule has 92 valence electrons. The topological polar surface area (TPSA) is 74.8 Å². The van der Waals surface area contributed by atoms with Crippen molar-refractivity contribution in [2.24, 2.45) is 0 Å². The van der Waals surface area contributed by atoms with Crippen molar-refractivity contribution in [2.45, 2.75) is 11.7 Å². The lowest BCUT2D eigenvalue weighted by molar-refractivity contribution is -0.117. The van der Waals surface area contributed by atoms with Crippen molar-refractivity contribution >= 4 is 24.2 Å². The number of nitrogens with zero attached hydrogens (tertiary/aromatic N) is 4. The molecule has 2 heterocycles. The van der Waals surface area contributed by atoms with E-state index >= 15 is 0 Å². The van der Waals surface area contributed by atoms with Crippen LogP contribution in [0.1, 0.15) is 6.42 Å². The molecule has 0 spiro atoms. The highest BCUT2D eigenvalue weighted by molar-refractivity contribution is 7.81. The molecule has 1 aromatic heterocycles. The smallest absolute Gasteiger partial charge is 0.228 e. The monoisotopic (exact) mass is 261 g/mol. The SMILES string of the molecule is O=C1CC(S)CN1c1ccc(-c2nn[nH]n2)cc1. The van der Waals surface area contributed by atoms with Gasteiger partial charge >= 0.3 is 0 Å². The number of thiol groups is 1. The molecule has 1 aromatic carbocycles. The van der Waals surface area contributed by atoms with E-state index in [1.165, 1.54) is 0 Å². The molecule has 6 nitrogen and oxygen atoms in total. The van der Waals surface area contributed by atoms with E-state index in [-0.39, 0.29) is 11.2 Å². The molecule has 0 aliphatic carbocycles. The predicted octanol–water partition coefficient (Wildman–Crippen LogP) is 0.902. The number of carbonyl (C=O) groups excluding carboxylic acids is 1. The van der Waals surface area contributed by atoms with Crippen molar-refractivity contribution in [1.29, 1.82) is 0 Å². The first-order valence-electron chi connectivity index (χ1n) is 5.56. The van der Waals surface area contributed by atoms with Crippen molar-refractivity contribution in [1.82, 2.24) is 20.6 Å². The molecule has 7 heteroatoms. The van der Waals surface area contributed by atoms with Gasteiger partial charge in [-0.1, -0.05) is 0 Å². The van der Waals surface area contributed by atoms with Gasteiger partial charge in [0.2, 0.25) is 11.7 Å². The van der Waals surface area contributed by atoms with E-state index in [4.69, 9.17) is 0 Å². The molecule has 0 radical (unpaired) electrons. The van der Waals surface area contributed by atoms with Gasteiger partial charge in [0.25, 0.3) is 0 Å². The Morgan fingerprint density at radius 1 is 1.33 bits per heavy atom. The Balaban J connectivity index is 1.85. The van der Waals surface area contributed by atoms with Gasteiger partial charge in [-0.2, -0.15) is 17.8 Å². The summed E-state index contributed by atoms with van der Waals surface area (Å²) >= 11 is 4.34. The lowest BCUT2D eigenvalue weighted by Gasteiger charge is -2.15. The lowest BCUT2D eigenvalue weighted by atomic mass is 10.2. The fourth-order valence-electron chi connectivity index (χ4n) is 2.01. The molecule has 0 saturated carbocycles. The molecule has 1 unspecified atom stereocenters. The Kier molecular flexibility index (Phi) is 2.75. The van der Waals surface area contributed by atoms with Gasteiger partial charge < -0.3 is 4.90 Å². The van der Waals surface area contributed by atoms with Crippen LogP contribution in [0, 0.1) is 0 Å². The minimum Gasteiger partial charge on any atom is -0.311 e. The molecular formula is C11H11N5OS. The van der Waals surface area contributed by atoms with Crippen LogP contribution in [0.5, 0.6) is 0 Å². The summed E-state index contributed by atoms with van der Waals surface area (Å²) in [6.07, 6.45) is 0.496. The molecule has 1 aliphatic rings. The van der Waals surface area contributed by atoms with Crippen molar-refractivity contribution in [3.8, 4) is 11.4 Å². The number of anilines is 1. The second-order valence-corrected chi connectivity index (χ2v) is 4.87. The van der Waals surface area contributed by atoms with E-state index < -0.39 is 0 Å². The summed E-state index contributed by atoms with van der Waals surface area (Å²) in [6, 6.07) is 7.52. The van der Waals surface area contributed by atoms with Crippen LogP contribution < -0.4 is 4.90 Å². The first-order valence-corrected chi connectivity index (χ1v) is 6.08. The molecule has 2 aromatic rings. The molecule has 0 bridgehead atoms. The van der Waals surface area contributed by atoms with Crippen LogP contribution in [0.25, 0.3) is 11.4 Å². The number of aromatic nitrogens is 4. The van der Waals surface area contributed by atoms with Crippen LogP contribution in [0.4, 0.5) is 5.69 Å². The summed E-state index contributed by atoms with van der Waals surface area (Å²) < 4.78 is 0. The van der Waals surface area contributed by atoms with Gasteiger partial charge in [-0.25, -0.2) is 0 Å². The fourth-order valence-corrected chi connectivity index (χ4v) is 2.33. The summed E-state index contributed by atoms with van der Waals surface area (Å²) in [6.45, 7) is 0.656. The number of nitrogens with one attached hydrogen (secondary N) is 1. The maximum Gasteiger partial charge on any atom is 0.228 e. The summed E-state index contributed by atoms with van der Waals surface area (Å²) in [5.74, 6) is 0.656. The summed E-state index contributed by atoms with van der Waals surface area (Å²) in [7, 11) is 0. The maximum absolute atomic E-state index is 11.7. The molecule has 1 atom stereocenters. The van der Waals surface area contributed by atoms with Crippen molar-refractivity contribution in [2.75, 3.05) is 11.4 Å². The van der Waals surface area contributed by atoms with Gasteiger partial charge in [0.05, 0.1) is 0 Å². The number of aromatic amines is 1. The van der Waals surface area contributed by atoms with Crippen LogP contribution in [-0.2, 0) is 4.79 Å². The van der Waals surface area contributed by atoms with Crippen molar-refractivity contribution in [3.63, 3.8) is 0 Å². The second kappa shape index (κ2) is 4.41. The standard InChI is InChI=1S/C11H11N5OS/c17-10-5-9(18)6-16(10)8-3-1-7(2-4-8)11-12-14-15-13-11/h1-4,9,18H,5-6H2,(H,12,13,14,15). The quantitative estimate of drug-likeness (QED) is 0.788. The molecule has 1 N–H and O–H groups in total. The predicted molar refractivity (Wildman–Crippen MR) is 69.4 cm³/mol. The van der Waals surface area contributed by atoms with Crippen LogP contribution in [0.2, 0.25) is 0 Å². The van der Waals surface area contributed by atoms with E-state index in [0.29, 0.717) is 18.8 Å². The summed E-state index contributed by atoms with van der Waals surface area (Å²) in [5.41, 5.74) is 1.74. The zero-order valence-electron chi connectivity index (χ0n) is 9.45. The molecule has 3 rings (SSSR count). The Morgan fingerprint density at radius 3 is 2.67 bits per heavy atom. The highest BCUT2D eigenvalue weighted by Gasteiger charge is 2.28. The minimum absolute atomic E-state index is 0.113. The molecular weight excluding hydrogens is 250 g/mol. The highest BCUT2D eigenvalue weighted by Crippen LogP contribution is 2.25. The normalized spacial score (nSPS) is 19.5. The first kappa shape index (κ1) is 11.2. The van der Waals surface area contributed by atoms with Crippen LogP contribution >= 0.6 is 12.6 Å². The summed E-state index contributed by atoms with van der Waals surface area (Å²) in [5, 5.41) is 13.8. The zero-order chi connectivity index (χ0) is 12.5. The van der Waals surface area contributed by atoms with Crippen LogP contribution in [0.3, 0.4) is 0 Å². The largest absolute Gasteiger partial charge is 0.311 e. The number of carbonyl (C=O) groups is 1. The zero-order valence-corrected chi connectivity index (χ0v) is 10.3. The fraction of sp³-hybridized carbons (Fsp3) is 0.273. The van der Waals surface area contributed by atoms with Gasteiger partial charge in [0.15, 0.2) is 0 Å². The van der Waals surface area contributed by atoms with E-state index in [0.717, 1.165) is 11.3 Å². The Labute approximate surface area is 109 Å². The first-order chi connectivity index (χ1) is 8.74. The van der Waals surface area contributed by atoms with Gasteiger partial charge in [0, 0.05) is 29.5 Å². The third kappa shape index (κ3) is 1.97. The number of H-pyrrole nitrogens is 1. The summed E-state index contributed by atoms with van der Waals surface area (Å²) in [4.78, 5) is 13.5. The van der Waals surface area contributed by atoms with E-state index in [2.05, 4.69) is 33.3 Å². The van der Waals surface area contributed by atoms with Gasteiger partial charge in [0.1, 0.15) is 0 Å². The Bertz CT molecular complexity index is 553. The van der Waals surface area contributed by atoms with Crippen molar-refractivity contribution < 1.29 is 4.79 Å². The van der Waals surface area contributed by atoms with E-state index in [1.54, 1.807) is 4.90 Å². The third-order valence-electron chi connectivity index (χ3n) is 2.89. The average Bonchev–Trinajstić information content (AvgIpc) is 2.99. The molecule has 1 saturated heterocycles. The van der Waals surface area contributed by atoms with Crippen molar-refractivity contribution in [3.05, 3.63) is 24.3 Å². The number of amides is 1. The van der Waals surface area contributed by atoms with Gasteiger partial charge in [-0.15, -0.1) is 10.2 Å². The number of rotatable bonds is 2. The minimum atomic E-state index is 0.113. The number of tetrazole rings is 1. The van der Waals surface area contributed by atoms with E-state index in [9.17, 15) is 4.79 Å². The number of benzene rings is 1. The molecule has 1 fully saturated rings. The second-order valence-electron chi connectivity index (χ2n) is 4.14. The van der Waals surface area contributed by atoms with Crippen LogP contribution in [-0.4, -0.2) is 38.3 Å². The van der Waals surface area contributed by atoms with Gasteiger partial charge in [-0.05, 0) is 29.5 Å². The average molecular weight is 261 g/mol. The third-order valence-corrected chi connectivity index (χ3v) is 3.23. The van der Waals surface area contributed by atoms with Crippen LogP contribution in [0.15, 0.2) is 24.3 Å². The Hall–Kier alpha value is -1.89. The Morgan fingerprint density at radius 2 is 2.11 bits per heavy atom. The molecule has 1 aliphatic heterocycles. The van der Waals surface area contributed by atoms with Gasteiger partial charge in [-0.3, -0.25) is 4.79 Å². The molecule has 1 amide bonds.